The average Bonchev–Trinajstić information content (AvgIpc) is 2.67. The molecule has 0 aromatic heterocycles. The maximum absolute atomic E-state index is 13.2. The number of carbonyl (C=O) groups is 2. The lowest BCUT2D eigenvalue weighted by atomic mass is 10.2. The Morgan fingerprint density at radius 1 is 1.10 bits per heavy atom. The molecule has 2 atom stereocenters. The van der Waals surface area contributed by atoms with Crippen LogP contribution in [0.5, 0.6) is 0 Å². The molecule has 0 saturated carbocycles. The monoisotopic (exact) mass is 422 g/mol. The normalized spacial score (nSPS) is 13.4. The van der Waals surface area contributed by atoms with Crippen molar-refractivity contribution in [2.45, 2.75) is 44.2 Å². The number of halogens is 1. The number of hydrogen-bond acceptors (Lipinski definition) is 5. The molecule has 0 spiro atoms. The summed E-state index contributed by atoms with van der Waals surface area (Å²) in [5.74, 6) is -1.92. The molecule has 0 saturated heterocycles. The SMILES string of the molecule is CC[C@H](C)NS(=O)(=O)c1ccc(C(=O)O[C@@H](C)C(=O)Nc2cccc(F)c2)cc1. The largest absolute Gasteiger partial charge is 0.449 e. The van der Waals surface area contributed by atoms with Crippen molar-refractivity contribution < 1.29 is 27.1 Å². The Kier molecular flexibility index (Phi) is 7.46. The summed E-state index contributed by atoms with van der Waals surface area (Å²) in [5.41, 5.74) is 0.333. The van der Waals surface area contributed by atoms with E-state index in [1.54, 1.807) is 6.92 Å². The number of esters is 1. The molecule has 0 heterocycles. The van der Waals surface area contributed by atoms with Crippen molar-refractivity contribution in [2.75, 3.05) is 5.32 Å². The fourth-order valence-electron chi connectivity index (χ4n) is 2.28. The topological polar surface area (TPSA) is 102 Å². The van der Waals surface area contributed by atoms with Gasteiger partial charge < -0.3 is 10.1 Å². The number of amides is 1. The van der Waals surface area contributed by atoms with E-state index in [2.05, 4.69) is 10.0 Å². The third-order valence-electron chi connectivity index (χ3n) is 4.11. The Morgan fingerprint density at radius 2 is 1.76 bits per heavy atom. The maximum Gasteiger partial charge on any atom is 0.338 e. The van der Waals surface area contributed by atoms with Crippen LogP contribution in [0.1, 0.15) is 37.6 Å². The molecule has 0 aliphatic rings. The van der Waals surface area contributed by atoms with E-state index in [1.165, 1.54) is 49.4 Å². The van der Waals surface area contributed by atoms with E-state index in [0.717, 1.165) is 6.07 Å². The van der Waals surface area contributed by atoms with Crippen LogP contribution < -0.4 is 10.0 Å². The van der Waals surface area contributed by atoms with Gasteiger partial charge in [-0.1, -0.05) is 13.0 Å². The molecule has 0 radical (unpaired) electrons. The smallest absolute Gasteiger partial charge is 0.338 e. The van der Waals surface area contributed by atoms with Gasteiger partial charge in [0.05, 0.1) is 10.5 Å². The lowest BCUT2D eigenvalue weighted by Crippen LogP contribution is -2.32. The van der Waals surface area contributed by atoms with Gasteiger partial charge >= 0.3 is 5.97 Å². The van der Waals surface area contributed by atoms with E-state index in [9.17, 15) is 22.4 Å². The Labute approximate surface area is 169 Å². The first-order chi connectivity index (χ1) is 13.6. The predicted molar refractivity (Wildman–Crippen MR) is 106 cm³/mol. The number of hydrogen-bond donors (Lipinski definition) is 2. The van der Waals surface area contributed by atoms with Gasteiger partial charge in [0.15, 0.2) is 6.10 Å². The number of nitrogens with one attached hydrogen (secondary N) is 2. The molecule has 2 rings (SSSR count). The van der Waals surface area contributed by atoms with Gasteiger partial charge in [0, 0.05) is 11.7 Å². The molecule has 1 amide bonds. The molecule has 0 bridgehead atoms. The zero-order chi connectivity index (χ0) is 21.6. The summed E-state index contributed by atoms with van der Waals surface area (Å²) in [6, 6.07) is 10.3. The number of rotatable bonds is 8. The van der Waals surface area contributed by atoms with Gasteiger partial charge in [-0.3, -0.25) is 4.79 Å². The first-order valence-corrected chi connectivity index (χ1v) is 10.5. The highest BCUT2D eigenvalue weighted by molar-refractivity contribution is 7.89. The predicted octanol–water partition coefficient (Wildman–Crippen LogP) is 3.09. The van der Waals surface area contributed by atoms with Crippen LogP contribution in [-0.2, 0) is 19.6 Å². The van der Waals surface area contributed by atoms with Crippen molar-refractivity contribution >= 4 is 27.6 Å². The van der Waals surface area contributed by atoms with Gasteiger partial charge in [0.25, 0.3) is 5.91 Å². The summed E-state index contributed by atoms with van der Waals surface area (Å²) in [4.78, 5) is 24.4. The highest BCUT2D eigenvalue weighted by Gasteiger charge is 2.21. The summed E-state index contributed by atoms with van der Waals surface area (Å²) >= 11 is 0. The number of anilines is 1. The highest BCUT2D eigenvalue weighted by Crippen LogP contribution is 2.14. The molecule has 2 aromatic carbocycles. The van der Waals surface area contributed by atoms with Crippen molar-refractivity contribution in [1.82, 2.24) is 4.72 Å². The van der Waals surface area contributed by atoms with E-state index in [-0.39, 0.29) is 22.2 Å². The summed E-state index contributed by atoms with van der Waals surface area (Å²) in [6.07, 6.45) is -0.500. The van der Waals surface area contributed by atoms with Gasteiger partial charge in [0.2, 0.25) is 10.0 Å². The minimum atomic E-state index is -3.69. The molecule has 156 valence electrons. The lowest BCUT2D eigenvalue weighted by Gasteiger charge is -2.14. The molecule has 7 nitrogen and oxygen atoms in total. The van der Waals surface area contributed by atoms with E-state index in [4.69, 9.17) is 4.74 Å². The maximum atomic E-state index is 13.2. The van der Waals surface area contributed by atoms with Gasteiger partial charge in [-0.25, -0.2) is 22.3 Å². The number of benzene rings is 2. The molecule has 0 unspecified atom stereocenters. The van der Waals surface area contributed by atoms with Crippen LogP contribution in [0.15, 0.2) is 53.4 Å². The fraction of sp³-hybridized carbons (Fsp3) is 0.300. The summed E-state index contributed by atoms with van der Waals surface area (Å²) in [6.45, 7) is 4.98. The average molecular weight is 422 g/mol. The minimum absolute atomic E-state index is 0.0197. The zero-order valence-electron chi connectivity index (χ0n) is 16.3. The third kappa shape index (κ3) is 6.37. The highest BCUT2D eigenvalue weighted by atomic mass is 32.2. The molecule has 29 heavy (non-hydrogen) atoms. The molecule has 0 aliphatic carbocycles. The van der Waals surface area contributed by atoms with Crippen LogP contribution in [0.2, 0.25) is 0 Å². The van der Waals surface area contributed by atoms with Crippen molar-refractivity contribution in [1.29, 1.82) is 0 Å². The summed E-state index contributed by atoms with van der Waals surface area (Å²) in [5, 5.41) is 2.45. The van der Waals surface area contributed by atoms with Gasteiger partial charge in [0.1, 0.15) is 5.82 Å². The number of sulfonamides is 1. The van der Waals surface area contributed by atoms with Crippen molar-refractivity contribution in [3.05, 3.63) is 59.9 Å². The van der Waals surface area contributed by atoms with Crippen LogP contribution in [0.4, 0.5) is 10.1 Å². The first kappa shape index (κ1) is 22.5. The Balaban J connectivity index is 2.00. The Hall–Kier alpha value is -2.78. The van der Waals surface area contributed by atoms with Gasteiger partial charge in [-0.2, -0.15) is 0 Å². The lowest BCUT2D eigenvalue weighted by molar-refractivity contribution is -0.123. The van der Waals surface area contributed by atoms with Crippen LogP contribution in [0, 0.1) is 5.82 Å². The molecule has 0 fully saturated rings. The first-order valence-electron chi connectivity index (χ1n) is 9.02. The second-order valence-corrected chi connectivity index (χ2v) is 8.22. The van der Waals surface area contributed by atoms with Gasteiger partial charge in [-0.15, -0.1) is 0 Å². The van der Waals surface area contributed by atoms with Crippen molar-refractivity contribution in [2.24, 2.45) is 0 Å². The summed E-state index contributed by atoms with van der Waals surface area (Å²) in [7, 11) is -3.69. The van der Waals surface area contributed by atoms with Crippen LogP contribution in [0.25, 0.3) is 0 Å². The number of ether oxygens (including phenoxy) is 1. The van der Waals surface area contributed by atoms with Crippen molar-refractivity contribution in [3.8, 4) is 0 Å². The molecular weight excluding hydrogens is 399 g/mol. The second kappa shape index (κ2) is 9.62. The molecule has 2 aromatic rings. The van der Waals surface area contributed by atoms with E-state index >= 15 is 0 Å². The van der Waals surface area contributed by atoms with Crippen molar-refractivity contribution in [3.63, 3.8) is 0 Å². The minimum Gasteiger partial charge on any atom is -0.449 e. The molecule has 2 N–H and O–H groups in total. The zero-order valence-corrected chi connectivity index (χ0v) is 17.1. The van der Waals surface area contributed by atoms with Crippen LogP contribution in [-0.4, -0.2) is 32.4 Å². The molecular formula is C20H23FN2O5S. The molecule has 9 heteroatoms. The third-order valence-corrected chi connectivity index (χ3v) is 5.72. The quantitative estimate of drug-likeness (QED) is 0.637. The fourth-order valence-corrected chi connectivity index (χ4v) is 3.61. The van der Waals surface area contributed by atoms with Crippen LogP contribution in [0.3, 0.4) is 0 Å². The number of carbonyl (C=O) groups excluding carboxylic acids is 2. The van der Waals surface area contributed by atoms with Gasteiger partial charge in [-0.05, 0) is 62.7 Å². The van der Waals surface area contributed by atoms with E-state index in [1.807, 2.05) is 6.92 Å². The van der Waals surface area contributed by atoms with Crippen LogP contribution >= 0.6 is 0 Å². The Bertz CT molecular complexity index is 977. The van der Waals surface area contributed by atoms with E-state index in [0.29, 0.717) is 6.42 Å². The van der Waals surface area contributed by atoms with E-state index < -0.39 is 33.8 Å². The Morgan fingerprint density at radius 3 is 2.34 bits per heavy atom. The summed E-state index contributed by atoms with van der Waals surface area (Å²) < 4.78 is 45.3. The second-order valence-electron chi connectivity index (χ2n) is 6.50. The molecule has 0 aliphatic heterocycles. The standard InChI is InChI=1S/C20H23FN2O5S/c1-4-13(2)23-29(26,27)18-10-8-15(9-11-18)20(25)28-14(3)19(24)22-17-7-5-6-16(21)12-17/h5-14,23H,4H2,1-3H3,(H,22,24)/t13-,14-/m0/s1.